The maximum absolute atomic E-state index is 13.7. The van der Waals surface area contributed by atoms with Crippen LogP contribution in [0.15, 0.2) is 174 Å². The van der Waals surface area contributed by atoms with Crippen LogP contribution in [0.4, 0.5) is 0 Å². The van der Waals surface area contributed by atoms with Crippen LogP contribution in [-0.2, 0) is 9.84 Å². The van der Waals surface area contributed by atoms with Gasteiger partial charge in [0.15, 0.2) is 0 Å². The van der Waals surface area contributed by atoms with Gasteiger partial charge in [-0.3, -0.25) is 0 Å². The van der Waals surface area contributed by atoms with Crippen molar-refractivity contribution in [2.24, 2.45) is 0 Å². The lowest BCUT2D eigenvalue weighted by atomic mass is 10.0. The van der Waals surface area contributed by atoms with Crippen LogP contribution in [0, 0.1) is 11.3 Å². The van der Waals surface area contributed by atoms with Crippen molar-refractivity contribution in [2.45, 2.75) is 9.79 Å². The van der Waals surface area contributed by atoms with Gasteiger partial charge in [-0.15, -0.1) is 0 Å². The summed E-state index contributed by atoms with van der Waals surface area (Å²) in [5.41, 5.74) is 6.61. The largest absolute Gasteiger partial charge is 0.307 e. The summed E-state index contributed by atoms with van der Waals surface area (Å²) in [6.07, 6.45) is 0. The Morgan fingerprint density at radius 2 is 1.02 bits per heavy atom. The van der Waals surface area contributed by atoms with E-state index in [0.717, 1.165) is 60.4 Å². The Balaban J connectivity index is 1.33. The summed E-state index contributed by atoms with van der Waals surface area (Å²) in [6.45, 7) is 0. The molecule has 6 heteroatoms. The van der Waals surface area contributed by atoms with E-state index in [0.29, 0.717) is 5.56 Å². The number of hydrogen-bond acceptors (Lipinski definition) is 3. The molecule has 51 heavy (non-hydrogen) atoms. The van der Waals surface area contributed by atoms with Crippen LogP contribution < -0.4 is 0 Å². The van der Waals surface area contributed by atoms with E-state index < -0.39 is 9.84 Å². The van der Waals surface area contributed by atoms with Gasteiger partial charge in [0.05, 0.1) is 43.5 Å². The van der Waals surface area contributed by atoms with Crippen molar-refractivity contribution >= 4 is 75.0 Å². The maximum Gasteiger partial charge on any atom is 0.206 e. The summed E-state index contributed by atoms with van der Waals surface area (Å²) in [7, 11) is -3.80. The third-order valence-corrected chi connectivity index (χ3v) is 11.9. The van der Waals surface area contributed by atoms with E-state index in [1.165, 1.54) is 40.4 Å². The van der Waals surface area contributed by atoms with E-state index >= 15 is 0 Å². The van der Waals surface area contributed by atoms with Crippen molar-refractivity contribution in [2.75, 3.05) is 0 Å². The highest BCUT2D eigenvalue weighted by Gasteiger charge is 2.24. The molecule has 0 radical (unpaired) electrons. The minimum atomic E-state index is -3.80. The minimum Gasteiger partial charge on any atom is -0.307 e. The van der Waals surface area contributed by atoms with Crippen LogP contribution in [0.1, 0.15) is 5.56 Å². The molecule has 0 spiro atoms. The average molecular weight is 674 g/mol. The Morgan fingerprint density at radius 1 is 0.451 bits per heavy atom. The van der Waals surface area contributed by atoms with Crippen LogP contribution >= 0.6 is 0 Å². The first kappa shape index (κ1) is 29.3. The summed E-state index contributed by atoms with van der Waals surface area (Å²) >= 11 is 0. The van der Waals surface area contributed by atoms with E-state index in [9.17, 15) is 13.7 Å². The number of nitriles is 1. The SMILES string of the molecule is N#Cc1ccc(S(=O)(=O)c2ccc(-n3c4cc5ccccc5cc4c4ccc5c6c7ccccc7ccc6n(-c6ccccc6)c5c43)cc2)cc1. The summed E-state index contributed by atoms with van der Waals surface area (Å²) in [5, 5.41) is 18.4. The molecular formula is C45H27N3O2S. The van der Waals surface area contributed by atoms with Gasteiger partial charge in [-0.25, -0.2) is 8.42 Å². The second-order valence-electron chi connectivity index (χ2n) is 12.9. The monoisotopic (exact) mass is 673 g/mol. The van der Waals surface area contributed by atoms with Gasteiger partial charge < -0.3 is 9.13 Å². The Labute approximate surface area is 293 Å². The highest BCUT2D eigenvalue weighted by Crippen LogP contribution is 2.44. The highest BCUT2D eigenvalue weighted by molar-refractivity contribution is 7.91. The first-order chi connectivity index (χ1) is 25.0. The number of para-hydroxylation sites is 1. The number of benzene rings is 8. The van der Waals surface area contributed by atoms with Gasteiger partial charge in [-0.1, -0.05) is 84.9 Å². The molecule has 8 aromatic carbocycles. The molecule has 0 fully saturated rings. The molecule has 10 aromatic rings. The second kappa shape index (κ2) is 10.9. The molecule has 10 rings (SSSR count). The predicted molar refractivity (Wildman–Crippen MR) is 207 cm³/mol. The molecule has 2 aromatic heterocycles. The normalized spacial score (nSPS) is 12.1. The fourth-order valence-electron chi connectivity index (χ4n) is 7.78. The lowest BCUT2D eigenvalue weighted by Gasteiger charge is -2.13. The predicted octanol–water partition coefficient (Wildman–Crippen LogP) is 10.9. The van der Waals surface area contributed by atoms with Crippen LogP contribution in [-0.4, -0.2) is 17.6 Å². The number of hydrogen-bond donors (Lipinski definition) is 0. The molecule has 0 atom stereocenters. The van der Waals surface area contributed by atoms with Gasteiger partial charge in [-0.05, 0) is 100 Å². The number of nitrogens with zero attached hydrogens (tertiary/aromatic N) is 3. The van der Waals surface area contributed by atoms with Gasteiger partial charge in [0.25, 0.3) is 0 Å². The van der Waals surface area contributed by atoms with Crippen molar-refractivity contribution < 1.29 is 8.42 Å². The van der Waals surface area contributed by atoms with E-state index in [4.69, 9.17) is 0 Å². The van der Waals surface area contributed by atoms with Crippen molar-refractivity contribution in [3.8, 4) is 17.4 Å². The zero-order valence-electron chi connectivity index (χ0n) is 27.2. The lowest BCUT2D eigenvalue weighted by molar-refractivity contribution is 0.596. The minimum absolute atomic E-state index is 0.152. The Kier molecular flexibility index (Phi) is 6.26. The van der Waals surface area contributed by atoms with E-state index in [-0.39, 0.29) is 9.79 Å². The molecule has 0 aliphatic rings. The van der Waals surface area contributed by atoms with Gasteiger partial charge >= 0.3 is 0 Å². The number of fused-ring (bicyclic) bond motifs is 10. The molecular weight excluding hydrogens is 647 g/mol. The number of aromatic nitrogens is 2. The summed E-state index contributed by atoms with van der Waals surface area (Å²) in [4.78, 5) is 0.344. The summed E-state index contributed by atoms with van der Waals surface area (Å²) in [5.74, 6) is 0. The standard InChI is InChI=1S/C45H27N3O2S/c46-28-29-14-19-35(20-15-29)51(49,50)36-21-17-34(18-22-36)48-42-27-32-10-5-4-9-31(32)26-40(42)38-23-24-39-43-37-13-7-6-8-30(37)16-25-41(43)47(45(39)44(38)48)33-11-2-1-3-12-33/h1-27H. The number of rotatable bonds is 4. The van der Waals surface area contributed by atoms with Crippen molar-refractivity contribution in [3.63, 3.8) is 0 Å². The Morgan fingerprint density at radius 3 is 1.75 bits per heavy atom. The molecule has 0 bridgehead atoms. The molecule has 0 aliphatic carbocycles. The van der Waals surface area contributed by atoms with E-state index in [1.807, 2.05) is 18.2 Å². The third-order valence-electron chi connectivity index (χ3n) is 10.1. The fourth-order valence-corrected chi connectivity index (χ4v) is 9.04. The summed E-state index contributed by atoms with van der Waals surface area (Å²) < 4.78 is 32.0. The molecule has 0 saturated heterocycles. The number of sulfone groups is 1. The van der Waals surface area contributed by atoms with Crippen LogP contribution in [0.5, 0.6) is 0 Å². The molecule has 2 heterocycles. The topological polar surface area (TPSA) is 67.8 Å². The van der Waals surface area contributed by atoms with Gasteiger partial charge in [0.2, 0.25) is 9.84 Å². The molecule has 0 aliphatic heterocycles. The Hall–Kier alpha value is -6.68. The summed E-state index contributed by atoms with van der Waals surface area (Å²) in [6, 6.07) is 56.1. The average Bonchev–Trinajstić information content (AvgIpc) is 3.70. The van der Waals surface area contributed by atoms with Gasteiger partial charge in [0, 0.05) is 32.9 Å². The molecule has 5 nitrogen and oxygen atoms in total. The molecule has 0 saturated carbocycles. The molecule has 0 amide bonds. The van der Waals surface area contributed by atoms with Crippen molar-refractivity contribution in [3.05, 3.63) is 169 Å². The zero-order chi connectivity index (χ0) is 34.3. The van der Waals surface area contributed by atoms with Gasteiger partial charge in [-0.2, -0.15) is 5.26 Å². The quantitative estimate of drug-likeness (QED) is 0.187. The third kappa shape index (κ3) is 4.29. The van der Waals surface area contributed by atoms with E-state index in [2.05, 4.69) is 124 Å². The fraction of sp³-hybridized carbons (Fsp3) is 0. The smallest absolute Gasteiger partial charge is 0.206 e. The first-order valence-corrected chi connectivity index (χ1v) is 18.2. The van der Waals surface area contributed by atoms with Gasteiger partial charge in [0.1, 0.15) is 0 Å². The molecule has 0 N–H and O–H groups in total. The molecule has 0 unspecified atom stereocenters. The first-order valence-electron chi connectivity index (χ1n) is 16.7. The van der Waals surface area contributed by atoms with Crippen LogP contribution in [0.2, 0.25) is 0 Å². The van der Waals surface area contributed by atoms with E-state index in [1.54, 1.807) is 12.1 Å². The van der Waals surface area contributed by atoms with Crippen LogP contribution in [0.25, 0.3) is 76.5 Å². The maximum atomic E-state index is 13.7. The lowest BCUT2D eigenvalue weighted by Crippen LogP contribution is -2.03. The Bertz CT molecular complexity index is 3190. The second-order valence-corrected chi connectivity index (χ2v) is 14.8. The zero-order valence-corrected chi connectivity index (χ0v) is 28.0. The van der Waals surface area contributed by atoms with Crippen molar-refractivity contribution in [1.29, 1.82) is 5.26 Å². The van der Waals surface area contributed by atoms with Crippen molar-refractivity contribution in [1.82, 2.24) is 9.13 Å². The molecule has 240 valence electrons. The van der Waals surface area contributed by atoms with Crippen LogP contribution in [0.3, 0.4) is 0 Å². The highest BCUT2D eigenvalue weighted by atomic mass is 32.2.